The van der Waals surface area contributed by atoms with Gasteiger partial charge in [0.2, 0.25) is 23.6 Å². The van der Waals surface area contributed by atoms with Crippen LogP contribution < -0.4 is 14.4 Å². The molecule has 0 spiro atoms. The van der Waals surface area contributed by atoms with Gasteiger partial charge in [-0.2, -0.15) is 9.97 Å². The molecule has 1 saturated heterocycles. The Morgan fingerprint density at radius 2 is 1.96 bits per heavy atom. The molecule has 0 aromatic carbocycles. The maximum Gasteiger partial charge on any atom is 0.232 e. The van der Waals surface area contributed by atoms with Crippen LogP contribution in [0.2, 0.25) is 0 Å². The number of aromatic nitrogens is 2. The van der Waals surface area contributed by atoms with Crippen LogP contribution in [-0.2, 0) is 4.79 Å². The molecule has 0 radical (unpaired) electrons. The second-order valence-electron chi connectivity index (χ2n) is 5.97. The first-order valence-corrected chi connectivity index (χ1v) is 7.51. The van der Waals surface area contributed by atoms with Crippen molar-refractivity contribution in [1.29, 1.82) is 0 Å². The zero-order chi connectivity index (χ0) is 17.0. The van der Waals surface area contributed by atoms with E-state index in [1.54, 1.807) is 20.2 Å². The smallest absolute Gasteiger partial charge is 0.232 e. The Kier molecular flexibility index (Phi) is 5.25. The monoisotopic (exact) mass is 324 g/mol. The Bertz CT molecular complexity index is 544. The molecule has 1 N–H and O–H groups in total. The second-order valence-corrected chi connectivity index (χ2v) is 5.97. The molecule has 0 saturated carbocycles. The number of anilines is 1. The van der Waals surface area contributed by atoms with Gasteiger partial charge in [-0.15, -0.1) is 0 Å². The standard InChI is InChI=1S/C15H24N4O4/c1-18(2)13(20)9-15(21)6-5-7-19(10-15)14-16-11(22-3)8-12(17-14)23-4/h8,21H,5-7,9-10H2,1-4H3. The highest BCUT2D eigenvalue weighted by Crippen LogP contribution is 2.29. The van der Waals surface area contributed by atoms with E-state index in [1.807, 2.05) is 4.90 Å². The maximum absolute atomic E-state index is 11.9. The molecule has 128 valence electrons. The van der Waals surface area contributed by atoms with E-state index in [4.69, 9.17) is 9.47 Å². The van der Waals surface area contributed by atoms with Crippen LogP contribution in [0.15, 0.2) is 6.07 Å². The Hall–Kier alpha value is -2.09. The van der Waals surface area contributed by atoms with Crippen LogP contribution >= 0.6 is 0 Å². The number of nitrogens with zero attached hydrogens (tertiary/aromatic N) is 4. The number of β-amino-alcohol motifs (C(OH)–C–C–N with tert-alkyl or cyclic N) is 1. The number of hydrogen-bond donors (Lipinski definition) is 1. The number of carbonyl (C=O) groups excluding carboxylic acids is 1. The molecule has 8 heteroatoms. The second kappa shape index (κ2) is 6.99. The van der Waals surface area contributed by atoms with Gasteiger partial charge in [0.1, 0.15) is 0 Å². The number of carbonyl (C=O) groups is 1. The summed E-state index contributed by atoms with van der Waals surface area (Å²) in [4.78, 5) is 23.9. The highest BCUT2D eigenvalue weighted by Gasteiger charge is 2.37. The average Bonchev–Trinajstić information content (AvgIpc) is 2.53. The minimum absolute atomic E-state index is 0.0810. The van der Waals surface area contributed by atoms with Crippen molar-refractivity contribution in [2.45, 2.75) is 24.9 Å². The highest BCUT2D eigenvalue weighted by molar-refractivity contribution is 5.76. The van der Waals surface area contributed by atoms with Crippen LogP contribution in [-0.4, -0.2) is 72.9 Å². The normalized spacial score (nSPS) is 21.0. The van der Waals surface area contributed by atoms with E-state index in [9.17, 15) is 9.90 Å². The summed E-state index contributed by atoms with van der Waals surface area (Å²) < 4.78 is 10.3. The summed E-state index contributed by atoms with van der Waals surface area (Å²) in [5.41, 5.74) is -1.08. The Morgan fingerprint density at radius 3 is 2.48 bits per heavy atom. The maximum atomic E-state index is 11.9. The fraction of sp³-hybridized carbons (Fsp3) is 0.667. The molecule has 8 nitrogen and oxygen atoms in total. The Balaban J connectivity index is 2.19. The van der Waals surface area contributed by atoms with E-state index in [1.165, 1.54) is 19.1 Å². The zero-order valence-electron chi connectivity index (χ0n) is 14.1. The van der Waals surface area contributed by atoms with Crippen molar-refractivity contribution in [2.75, 3.05) is 46.3 Å². The summed E-state index contributed by atoms with van der Waals surface area (Å²) in [7, 11) is 6.41. The van der Waals surface area contributed by atoms with Crippen LogP contribution in [0, 0.1) is 0 Å². The fourth-order valence-electron chi connectivity index (χ4n) is 2.61. The van der Waals surface area contributed by atoms with Crippen LogP contribution in [0.3, 0.4) is 0 Å². The van der Waals surface area contributed by atoms with Crippen molar-refractivity contribution < 1.29 is 19.4 Å². The predicted octanol–water partition coefficient (Wildman–Crippen LogP) is 0.303. The molecule has 1 unspecified atom stereocenters. The van der Waals surface area contributed by atoms with E-state index < -0.39 is 5.60 Å². The van der Waals surface area contributed by atoms with Crippen LogP contribution in [0.5, 0.6) is 11.8 Å². The van der Waals surface area contributed by atoms with Crippen LogP contribution in [0.25, 0.3) is 0 Å². The lowest BCUT2D eigenvalue weighted by molar-refractivity contribution is -0.134. The molecule has 1 aromatic heterocycles. The predicted molar refractivity (Wildman–Crippen MR) is 84.8 cm³/mol. The van der Waals surface area contributed by atoms with Crippen molar-refractivity contribution in [1.82, 2.24) is 14.9 Å². The number of hydrogen-bond acceptors (Lipinski definition) is 7. The first-order chi connectivity index (χ1) is 10.9. The van der Waals surface area contributed by atoms with E-state index in [-0.39, 0.29) is 12.3 Å². The summed E-state index contributed by atoms with van der Waals surface area (Å²) in [6.45, 7) is 0.998. The summed E-state index contributed by atoms with van der Waals surface area (Å²) in [6, 6.07) is 1.59. The van der Waals surface area contributed by atoms with Crippen LogP contribution in [0.4, 0.5) is 5.95 Å². The van der Waals surface area contributed by atoms with Gasteiger partial charge in [-0.25, -0.2) is 0 Å². The molecule has 1 aliphatic rings. The number of piperidine rings is 1. The summed E-state index contributed by atoms with van der Waals surface area (Å²) in [5.74, 6) is 1.12. The first-order valence-electron chi connectivity index (χ1n) is 7.51. The van der Waals surface area contributed by atoms with Crippen LogP contribution in [0.1, 0.15) is 19.3 Å². The van der Waals surface area contributed by atoms with Gasteiger partial charge in [0.15, 0.2) is 0 Å². The molecule has 1 fully saturated rings. The number of ether oxygens (including phenoxy) is 2. The molecule has 1 aliphatic heterocycles. The lowest BCUT2D eigenvalue weighted by Gasteiger charge is -2.39. The average molecular weight is 324 g/mol. The SMILES string of the molecule is COc1cc(OC)nc(N2CCCC(O)(CC(=O)N(C)C)C2)n1. The summed E-state index contributed by atoms with van der Waals surface area (Å²) in [5, 5.41) is 10.8. The van der Waals surface area contributed by atoms with Crippen molar-refractivity contribution in [3.8, 4) is 11.8 Å². The lowest BCUT2D eigenvalue weighted by Crippen LogP contribution is -2.51. The fourth-order valence-corrected chi connectivity index (χ4v) is 2.61. The van der Waals surface area contributed by atoms with Gasteiger partial charge < -0.3 is 24.4 Å². The zero-order valence-corrected chi connectivity index (χ0v) is 14.1. The molecule has 1 atom stereocenters. The van der Waals surface area contributed by atoms with Crippen molar-refractivity contribution in [3.05, 3.63) is 6.07 Å². The first kappa shape index (κ1) is 17.3. The molecule has 0 bridgehead atoms. The van der Waals surface area contributed by atoms with E-state index in [0.29, 0.717) is 37.2 Å². The Labute approximate surface area is 136 Å². The van der Waals surface area contributed by atoms with E-state index in [0.717, 1.165) is 6.42 Å². The molecule has 23 heavy (non-hydrogen) atoms. The van der Waals surface area contributed by atoms with Gasteiger partial charge in [0.25, 0.3) is 0 Å². The molecule has 2 rings (SSSR count). The molecule has 0 aliphatic carbocycles. The molecule has 1 aromatic rings. The Morgan fingerprint density at radius 1 is 1.35 bits per heavy atom. The van der Waals surface area contributed by atoms with Crippen molar-refractivity contribution >= 4 is 11.9 Å². The van der Waals surface area contributed by atoms with E-state index >= 15 is 0 Å². The largest absolute Gasteiger partial charge is 0.481 e. The topological polar surface area (TPSA) is 88.0 Å². The lowest BCUT2D eigenvalue weighted by atomic mass is 9.89. The van der Waals surface area contributed by atoms with Gasteiger partial charge in [-0.1, -0.05) is 0 Å². The third kappa shape index (κ3) is 4.22. The van der Waals surface area contributed by atoms with Gasteiger partial charge in [0.05, 0.1) is 38.9 Å². The molecule has 2 heterocycles. The molecular weight excluding hydrogens is 300 g/mol. The van der Waals surface area contributed by atoms with E-state index in [2.05, 4.69) is 9.97 Å². The quantitative estimate of drug-likeness (QED) is 0.833. The number of methoxy groups -OCH3 is 2. The van der Waals surface area contributed by atoms with Gasteiger partial charge in [-0.3, -0.25) is 4.79 Å². The summed E-state index contributed by atoms with van der Waals surface area (Å²) in [6.07, 6.45) is 1.40. The molecular formula is C15H24N4O4. The minimum atomic E-state index is -1.08. The van der Waals surface area contributed by atoms with Gasteiger partial charge in [-0.05, 0) is 12.8 Å². The third-order valence-corrected chi connectivity index (χ3v) is 3.90. The van der Waals surface area contributed by atoms with Gasteiger partial charge >= 0.3 is 0 Å². The number of rotatable bonds is 5. The number of amides is 1. The van der Waals surface area contributed by atoms with Gasteiger partial charge in [0, 0.05) is 20.6 Å². The number of aliphatic hydroxyl groups is 1. The highest BCUT2D eigenvalue weighted by atomic mass is 16.5. The molecule has 1 amide bonds. The third-order valence-electron chi connectivity index (χ3n) is 3.90. The van der Waals surface area contributed by atoms with Crippen molar-refractivity contribution in [2.24, 2.45) is 0 Å². The minimum Gasteiger partial charge on any atom is -0.481 e. The summed E-state index contributed by atoms with van der Waals surface area (Å²) >= 11 is 0. The van der Waals surface area contributed by atoms with Crippen molar-refractivity contribution in [3.63, 3.8) is 0 Å².